The van der Waals surface area contributed by atoms with Gasteiger partial charge in [0.15, 0.2) is 0 Å². The van der Waals surface area contributed by atoms with Crippen molar-refractivity contribution >= 4 is 15.9 Å². The maximum Gasteiger partial charge on any atom is 0.257 e. The molecule has 0 atom stereocenters. The van der Waals surface area contributed by atoms with E-state index in [1.165, 1.54) is 4.31 Å². The highest BCUT2D eigenvalue weighted by molar-refractivity contribution is 7.89. The highest BCUT2D eigenvalue weighted by Gasteiger charge is 2.34. The minimum atomic E-state index is -3.62. The molecule has 1 fully saturated rings. The van der Waals surface area contributed by atoms with Gasteiger partial charge in [-0.2, -0.15) is 4.31 Å². The Bertz CT molecular complexity index is 1050. The van der Waals surface area contributed by atoms with Crippen LogP contribution in [-0.4, -0.2) is 49.7 Å². The van der Waals surface area contributed by atoms with E-state index in [0.29, 0.717) is 29.3 Å². The first-order valence-corrected chi connectivity index (χ1v) is 11.3. The second-order valence-electron chi connectivity index (χ2n) is 8.00. The van der Waals surface area contributed by atoms with Crippen LogP contribution in [0.4, 0.5) is 0 Å². The third-order valence-corrected chi connectivity index (χ3v) is 8.37. The molecule has 1 aromatic carbocycles. The van der Waals surface area contributed by atoms with Crippen LogP contribution in [0.3, 0.4) is 0 Å². The number of aryl methyl sites for hydroxylation is 4. The first-order valence-electron chi connectivity index (χ1n) is 9.90. The molecule has 0 bridgehead atoms. The molecule has 7 heteroatoms. The second-order valence-corrected chi connectivity index (χ2v) is 9.87. The Morgan fingerprint density at radius 1 is 0.828 bits per heavy atom. The summed E-state index contributed by atoms with van der Waals surface area (Å²) in [6.45, 7) is 14.4. The van der Waals surface area contributed by atoms with Crippen molar-refractivity contribution < 1.29 is 17.6 Å². The van der Waals surface area contributed by atoms with Gasteiger partial charge in [-0.05, 0) is 70.7 Å². The maximum atomic E-state index is 13.4. The van der Waals surface area contributed by atoms with Crippen LogP contribution in [0, 0.1) is 48.5 Å². The maximum absolute atomic E-state index is 13.4. The van der Waals surface area contributed by atoms with Gasteiger partial charge in [0, 0.05) is 31.7 Å². The molecular formula is C22H30N2O4S. The fourth-order valence-electron chi connectivity index (χ4n) is 4.09. The zero-order chi connectivity index (χ0) is 21.7. The predicted molar refractivity (Wildman–Crippen MR) is 113 cm³/mol. The minimum Gasteiger partial charge on any atom is -0.466 e. The second kappa shape index (κ2) is 7.61. The standard InChI is InChI=1S/C22H30N2O4S/c1-13-12-14(2)16(4)21(15(13)3)29(26,27)24-10-8-23(9-11-24)22(25)20-17(5)18(6)28-19(20)7/h12H,8-11H2,1-7H3. The molecule has 29 heavy (non-hydrogen) atoms. The summed E-state index contributed by atoms with van der Waals surface area (Å²) in [6, 6.07) is 2.03. The molecule has 1 amide bonds. The van der Waals surface area contributed by atoms with Crippen molar-refractivity contribution in [2.75, 3.05) is 26.2 Å². The Morgan fingerprint density at radius 3 is 1.79 bits per heavy atom. The summed E-state index contributed by atoms with van der Waals surface area (Å²) < 4.78 is 33.9. The number of amides is 1. The smallest absolute Gasteiger partial charge is 0.257 e. The molecule has 1 aliphatic heterocycles. The van der Waals surface area contributed by atoms with Crippen molar-refractivity contribution in [1.29, 1.82) is 0 Å². The SMILES string of the molecule is Cc1cc(C)c(C)c(S(=O)(=O)N2CCN(C(=O)c3c(C)oc(C)c3C)CC2)c1C. The molecular weight excluding hydrogens is 388 g/mol. The van der Waals surface area contributed by atoms with Gasteiger partial charge in [-0.15, -0.1) is 0 Å². The number of furan rings is 1. The monoisotopic (exact) mass is 418 g/mol. The lowest BCUT2D eigenvalue weighted by atomic mass is 10.0. The van der Waals surface area contributed by atoms with Crippen LogP contribution in [-0.2, 0) is 10.0 Å². The molecule has 1 aliphatic rings. The minimum absolute atomic E-state index is 0.0901. The van der Waals surface area contributed by atoms with Crippen molar-refractivity contribution in [3.8, 4) is 0 Å². The largest absolute Gasteiger partial charge is 0.466 e. The van der Waals surface area contributed by atoms with Crippen LogP contribution in [0.1, 0.15) is 49.7 Å². The summed E-state index contributed by atoms with van der Waals surface area (Å²) >= 11 is 0. The molecule has 6 nitrogen and oxygen atoms in total. The third kappa shape index (κ3) is 3.62. The number of sulfonamides is 1. The van der Waals surface area contributed by atoms with Crippen LogP contribution < -0.4 is 0 Å². The number of carbonyl (C=O) groups is 1. The van der Waals surface area contributed by atoms with E-state index in [4.69, 9.17) is 4.42 Å². The van der Waals surface area contributed by atoms with E-state index >= 15 is 0 Å². The summed E-state index contributed by atoms with van der Waals surface area (Å²) in [5.74, 6) is 1.27. The third-order valence-electron chi connectivity index (χ3n) is 6.20. The lowest BCUT2D eigenvalue weighted by Crippen LogP contribution is -2.50. The summed E-state index contributed by atoms with van der Waals surface area (Å²) in [7, 11) is -3.62. The number of piperazine rings is 1. The molecule has 3 rings (SSSR count). The number of rotatable bonds is 3. The van der Waals surface area contributed by atoms with Crippen LogP contribution in [0.2, 0.25) is 0 Å². The van der Waals surface area contributed by atoms with Crippen molar-refractivity contribution in [3.05, 3.63) is 51.0 Å². The molecule has 158 valence electrons. The van der Waals surface area contributed by atoms with Crippen LogP contribution in [0.5, 0.6) is 0 Å². The number of nitrogens with zero attached hydrogens (tertiary/aromatic N) is 2. The molecule has 0 radical (unpaired) electrons. The van der Waals surface area contributed by atoms with Gasteiger partial charge < -0.3 is 9.32 Å². The highest BCUT2D eigenvalue weighted by atomic mass is 32.2. The number of hydrogen-bond donors (Lipinski definition) is 0. The summed E-state index contributed by atoms with van der Waals surface area (Å²) in [4.78, 5) is 15.1. The first-order chi connectivity index (χ1) is 13.5. The Labute approximate surface area is 173 Å². The number of hydrogen-bond acceptors (Lipinski definition) is 4. The van der Waals surface area contributed by atoms with Gasteiger partial charge in [0.25, 0.3) is 5.91 Å². The Kier molecular flexibility index (Phi) is 5.66. The van der Waals surface area contributed by atoms with Crippen molar-refractivity contribution in [2.24, 2.45) is 0 Å². The molecule has 1 saturated heterocycles. The van der Waals surface area contributed by atoms with Gasteiger partial charge in [-0.3, -0.25) is 4.79 Å². The number of carbonyl (C=O) groups excluding carboxylic acids is 1. The van der Waals surface area contributed by atoms with Crippen molar-refractivity contribution in [2.45, 2.75) is 53.4 Å². The molecule has 2 heterocycles. The van der Waals surface area contributed by atoms with E-state index in [9.17, 15) is 13.2 Å². The molecule has 1 aromatic heterocycles. The Balaban J connectivity index is 1.83. The quantitative estimate of drug-likeness (QED) is 0.764. The fourth-order valence-corrected chi connectivity index (χ4v) is 6.09. The topological polar surface area (TPSA) is 70.8 Å². The molecule has 2 aromatic rings. The Morgan fingerprint density at radius 2 is 1.34 bits per heavy atom. The lowest BCUT2D eigenvalue weighted by Gasteiger charge is -2.35. The summed E-state index contributed by atoms with van der Waals surface area (Å²) in [6.07, 6.45) is 0. The number of benzene rings is 1. The fraction of sp³-hybridized carbons (Fsp3) is 0.500. The van der Waals surface area contributed by atoms with Gasteiger partial charge in [0.1, 0.15) is 11.5 Å². The average Bonchev–Trinajstić information content (AvgIpc) is 2.91. The van der Waals surface area contributed by atoms with Crippen LogP contribution >= 0.6 is 0 Å². The first kappa shape index (κ1) is 21.6. The van der Waals surface area contributed by atoms with E-state index < -0.39 is 10.0 Å². The summed E-state index contributed by atoms with van der Waals surface area (Å²) in [5, 5.41) is 0. The summed E-state index contributed by atoms with van der Waals surface area (Å²) in [5.41, 5.74) is 4.99. The van der Waals surface area contributed by atoms with E-state index in [1.807, 2.05) is 47.6 Å². The molecule has 0 unspecified atom stereocenters. The van der Waals surface area contributed by atoms with E-state index in [2.05, 4.69) is 0 Å². The van der Waals surface area contributed by atoms with E-state index in [1.54, 1.807) is 11.8 Å². The van der Waals surface area contributed by atoms with Crippen molar-refractivity contribution in [3.63, 3.8) is 0 Å². The molecule has 0 N–H and O–H groups in total. The lowest BCUT2D eigenvalue weighted by molar-refractivity contribution is 0.0695. The van der Waals surface area contributed by atoms with Gasteiger partial charge >= 0.3 is 0 Å². The normalized spacial score (nSPS) is 15.8. The van der Waals surface area contributed by atoms with Crippen molar-refractivity contribution in [1.82, 2.24) is 9.21 Å². The zero-order valence-corrected chi connectivity index (χ0v) is 19.2. The van der Waals surface area contributed by atoms with Gasteiger partial charge in [0.05, 0.1) is 10.5 Å². The Hall–Kier alpha value is -2.12. The molecule has 0 spiro atoms. The average molecular weight is 419 g/mol. The van der Waals surface area contributed by atoms with E-state index in [0.717, 1.165) is 33.6 Å². The highest BCUT2D eigenvalue weighted by Crippen LogP contribution is 2.30. The zero-order valence-electron chi connectivity index (χ0n) is 18.3. The molecule has 0 saturated carbocycles. The van der Waals surface area contributed by atoms with Crippen LogP contribution in [0.15, 0.2) is 15.4 Å². The van der Waals surface area contributed by atoms with Gasteiger partial charge in [-0.1, -0.05) is 6.07 Å². The van der Waals surface area contributed by atoms with Crippen LogP contribution in [0.25, 0.3) is 0 Å². The van der Waals surface area contributed by atoms with Gasteiger partial charge in [0.2, 0.25) is 10.0 Å². The molecule has 0 aliphatic carbocycles. The van der Waals surface area contributed by atoms with Gasteiger partial charge in [-0.25, -0.2) is 8.42 Å². The predicted octanol–water partition coefficient (Wildman–Crippen LogP) is 3.59. The van der Waals surface area contributed by atoms with E-state index in [-0.39, 0.29) is 19.0 Å².